The van der Waals surface area contributed by atoms with Crippen LogP contribution in [0.4, 0.5) is 0 Å². The first-order chi connectivity index (χ1) is 8.13. The zero-order chi connectivity index (χ0) is 12.8. The van der Waals surface area contributed by atoms with Gasteiger partial charge in [0.2, 0.25) is 0 Å². The van der Waals surface area contributed by atoms with Crippen LogP contribution in [0.5, 0.6) is 11.5 Å². The number of ether oxygens (including phenoxy) is 2. The number of thiol groups is 1. The Kier molecular flexibility index (Phi) is 4.73. The molecule has 1 N–H and O–H groups in total. The van der Waals surface area contributed by atoms with Crippen LogP contribution in [0.3, 0.4) is 0 Å². The van der Waals surface area contributed by atoms with Gasteiger partial charge in [0.1, 0.15) is 0 Å². The van der Waals surface area contributed by atoms with E-state index in [2.05, 4.69) is 24.5 Å². The zero-order valence-corrected chi connectivity index (χ0v) is 10.4. The highest BCUT2D eigenvalue weighted by Gasteiger charge is 2.14. The van der Waals surface area contributed by atoms with Gasteiger partial charge in [-0.1, -0.05) is 11.8 Å². The fourth-order valence-electron chi connectivity index (χ4n) is 1.29. The van der Waals surface area contributed by atoms with Crippen molar-refractivity contribution in [3.8, 4) is 23.3 Å². The second-order valence-corrected chi connectivity index (χ2v) is 3.33. The molecule has 0 fully saturated rings. The van der Waals surface area contributed by atoms with Gasteiger partial charge >= 0.3 is 5.97 Å². The van der Waals surface area contributed by atoms with Crippen molar-refractivity contribution in [1.82, 2.24) is 0 Å². The van der Waals surface area contributed by atoms with E-state index >= 15 is 0 Å². The quantitative estimate of drug-likeness (QED) is 0.635. The number of carboxylic acid groups (broad SMARTS) is 1. The molecular weight excluding hydrogens is 240 g/mol. The molecule has 0 aliphatic heterocycles. The van der Waals surface area contributed by atoms with Gasteiger partial charge in [0.25, 0.3) is 0 Å². The third kappa shape index (κ3) is 3.08. The lowest BCUT2D eigenvalue weighted by molar-refractivity contribution is 0.0696. The minimum atomic E-state index is -1.06. The predicted octanol–water partition coefficient (Wildman–Crippen LogP) is 1.68. The molecule has 0 unspecified atom stereocenters. The van der Waals surface area contributed by atoms with Crippen molar-refractivity contribution in [2.75, 3.05) is 20.0 Å². The van der Waals surface area contributed by atoms with Crippen LogP contribution in [0.1, 0.15) is 15.9 Å². The minimum Gasteiger partial charge on any atom is -0.493 e. The van der Waals surface area contributed by atoms with Crippen molar-refractivity contribution in [3.05, 3.63) is 23.3 Å². The fraction of sp³-hybridized carbons (Fsp3) is 0.250. The number of hydrogen-bond donors (Lipinski definition) is 2. The largest absolute Gasteiger partial charge is 0.493 e. The Morgan fingerprint density at radius 3 is 2.41 bits per heavy atom. The van der Waals surface area contributed by atoms with Gasteiger partial charge in [-0.3, -0.25) is 0 Å². The number of benzene rings is 1. The van der Waals surface area contributed by atoms with Crippen molar-refractivity contribution in [1.29, 1.82) is 0 Å². The molecule has 0 heterocycles. The predicted molar refractivity (Wildman–Crippen MR) is 67.2 cm³/mol. The summed E-state index contributed by atoms with van der Waals surface area (Å²) in [5.74, 6) is 5.53. The molecule has 0 radical (unpaired) electrons. The van der Waals surface area contributed by atoms with Crippen LogP contribution in [-0.4, -0.2) is 31.0 Å². The van der Waals surface area contributed by atoms with E-state index in [1.54, 1.807) is 6.07 Å². The molecule has 0 aliphatic carbocycles. The van der Waals surface area contributed by atoms with E-state index in [1.807, 2.05) is 0 Å². The molecule has 4 nitrogen and oxygen atoms in total. The lowest BCUT2D eigenvalue weighted by Gasteiger charge is -2.09. The van der Waals surface area contributed by atoms with E-state index in [0.717, 1.165) is 0 Å². The monoisotopic (exact) mass is 252 g/mol. The molecule has 1 rings (SSSR count). The number of rotatable bonds is 3. The summed E-state index contributed by atoms with van der Waals surface area (Å²) in [5, 5.41) is 9.07. The van der Waals surface area contributed by atoms with Gasteiger partial charge in [-0.25, -0.2) is 4.79 Å². The summed E-state index contributed by atoms with van der Waals surface area (Å²) >= 11 is 3.95. The Balaban J connectivity index is 3.40. The maximum Gasteiger partial charge on any atom is 0.337 e. The minimum absolute atomic E-state index is 0.0805. The summed E-state index contributed by atoms with van der Waals surface area (Å²) in [7, 11) is 2.93. The smallest absolute Gasteiger partial charge is 0.337 e. The van der Waals surface area contributed by atoms with Crippen molar-refractivity contribution in [3.63, 3.8) is 0 Å². The normalized spacial score (nSPS) is 9.12. The number of carbonyl (C=O) groups is 1. The van der Waals surface area contributed by atoms with E-state index in [4.69, 9.17) is 14.6 Å². The molecule has 1 aromatic rings. The highest BCUT2D eigenvalue weighted by atomic mass is 32.1. The van der Waals surface area contributed by atoms with Crippen molar-refractivity contribution < 1.29 is 19.4 Å². The van der Waals surface area contributed by atoms with Crippen LogP contribution in [0.2, 0.25) is 0 Å². The molecule has 0 aromatic heterocycles. The maximum absolute atomic E-state index is 11.1. The standard InChI is InChI=1S/C12H12O4S/c1-15-10-6-8(4-3-5-17)9(12(13)14)7-11(10)16-2/h6-7,17H,5H2,1-2H3,(H,13,14). The molecule has 0 saturated heterocycles. The van der Waals surface area contributed by atoms with Gasteiger partial charge in [-0.15, -0.1) is 0 Å². The average molecular weight is 252 g/mol. The molecule has 1 aromatic carbocycles. The average Bonchev–Trinajstić information content (AvgIpc) is 2.34. The van der Waals surface area contributed by atoms with Crippen LogP contribution >= 0.6 is 12.6 Å². The second kappa shape index (κ2) is 6.06. The molecular formula is C12H12O4S. The van der Waals surface area contributed by atoms with E-state index in [-0.39, 0.29) is 5.56 Å². The van der Waals surface area contributed by atoms with Crippen LogP contribution < -0.4 is 9.47 Å². The topological polar surface area (TPSA) is 55.8 Å². The van der Waals surface area contributed by atoms with E-state index in [0.29, 0.717) is 22.8 Å². The summed E-state index contributed by atoms with van der Waals surface area (Å²) in [6, 6.07) is 2.93. The molecule has 0 spiro atoms. The lowest BCUT2D eigenvalue weighted by atomic mass is 10.1. The van der Waals surface area contributed by atoms with Gasteiger partial charge in [0.05, 0.1) is 25.5 Å². The Hall–Kier alpha value is -1.80. The van der Waals surface area contributed by atoms with E-state index < -0.39 is 5.97 Å². The van der Waals surface area contributed by atoms with Crippen LogP contribution in [0, 0.1) is 11.8 Å². The number of methoxy groups -OCH3 is 2. The third-order valence-electron chi connectivity index (χ3n) is 2.06. The molecule has 0 saturated carbocycles. The molecule has 0 atom stereocenters. The summed E-state index contributed by atoms with van der Waals surface area (Å²) in [6.45, 7) is 0. The number of hydrogen-bond acceptors (Lipinski definition) is 4. The second-order valence-electron chi connectivity index (χ2n) is 3.02. The van der Waals surface area contributed by atoms with Crippen LogP contribution in [-0.2, 0) is 0 Å². The molecule has 5 heteroatoms. The lowest BCUT2D eigenvalue weighted by Crippen LogP contribution is -2.02. The van der Waals surface area contributed by atoms with Gasteiger partial charge in [-0.05, 0) is 6.07 Å². The van der Waals surface area contributed by atoms with Crippen molar-refractivity contribution in [2.45, 2.75) is 0 Å². The summed E-state index contributed by atoms with van der Waals surface area (Å²) in [5.41, 5.74) is 0.459. The maximum atomic E-state index is 11.1. The first-order valence-electron chi connectivity index (χ1n) is 4.73. The third-order valence-corrected chi connectivity index (χ3v) is 2.21. The van der Waals surface area contributed by atoms with Gasteiger partial charge in [0.15, 0.2) is 11.5 Å². The Bertz CT molecular complexity index is 485. The Morgan fingerprint density at radius 2 is 1.94 bits per heavy atom. The molecule has 0 aliphatic rings. The Morgan fingerprint density at radius 1 is 1.35 bits per heavy atom. The van der Waals surface area contributed by atoms with E-state index in [9.17, 15) is 4.79 Å². The van der Waals surface area contributed by atoms with Crippen molar-refractivity contribution in [2.24, 2.45) is 0 Å². The Labute approximate surface area is 105 Å². The molecule has 0 amide bonds. The summed E-state index contributed by atoms with van der Waals surface area (Å²) in [4.78, 5) is 11.1. The number of carboxylic acids is 1. The highest BCUT2D eigenvalue weighted by molar-refractivity contribution is 7.80. The fourth-order valence-corrected chi connectivity index (χ4v) is 1.37. The molecule has 17 heavy (non-hydrogen) atoms. The van der Waals surface area contributed by atoms with Crippen LogP contribution in [0.25, 0.3) is 0 Å². The van der Waals surface area contributed by atoms with Gasteiger partial charge in [-0.2, -0.15) is 12.6 Å². The summed E-state index contributed by atoms with van der Waals surface area (Å²) in [6.07, 6.45) is 0. The zero-order valence-electron chi connectivity index (χ0n) is 9.48. The SMILES string of the molecule is COc1cc(C#CCS)c(C(=O)O)cc1OC. The molecule has 0 bridgehead atoms. The van der Waals surface area contributed by atoms with Gasteiger partial charge in [0, 0.05) is 11.6 Å². The highest BCUT2D eigenvalue weighted by Crippen LogP contribution is 2.30. The van der Waals surface area contributed by atoms with Crippen molar-refractivity contribution >= 4 is 18.6 Å². The van der Waals surface area contributed by atoms with E-state index in [1.165, 1.54) is 20.3 Å². The summed E-state index contributed by atoms with van der Waals surface area (Å²) < 4.78 is 10.1. The van der Waals surface area contributed by atoms with Crippen LogP contribution in [0.15, 0.2) is 12.1 Å². The first kappa shape index (κ1) is 13.3. The van der Waals surface area contributed by atoms with Gasteiger partial charge < -0.3 is 14.6 Å². The first-order valence-corrected chi connectivity index (χ1v) is 5.36. The number of aromatic carboxylic acids is 1. The molecule has 90 valence electrons.